The Labute approximate surface area is 143 Å². The van der Waals surface area contributed by atoms with Gasteiger partial charge in [-0.1, -0.05) is 29.8 Å². The third-order valence-electron chi connectivity index (χ3n) is 3.59. The van der Waals surface area contributed by atoms with Crippen LogP contribution in [-0.2, 0) is 0 Å². The van der Waals surface area contributed by atoms with Crippen LogP contribution in [0.1, 0.15) is 5.56 Å². The molecule has 5 nitrogen and oxygen atoms in total. The van der Waals surface area contributed by atoms with Gasteiger partial charge in [0.1, 0.15) is 17.5 Å². The molecule has 1 heterocycles. The Hall–Kier alpha value is -3.23. The summed E-state index contributed by atoms with van der Waals surface area (Å²) in [5, 5.41) is 29.2. The fourth-order valence-corrected chi connectivity index (χ4v) is 2.50. The molecule has 0 aliphatic heterocycles. The molecule has 0 amide bonds. The van der Waals surface area contributed by atoms with Gasteiger partial charge in [0.25, 0.3) is 0 Å². The van der Waals surface area contributed by atoms with Crippen LogP contribution in [0, 0.1) is 11.3 Å². The number of aromatic nitrogens is 1. The minimum absolute atomic E-state index is 0.0903. The second-order valence-corrected chi connectivity index (χ2v) is 5.57. The summed E-state index contributed by atoms with van der Waals surface area (Å²) in [6, 6.07) is 15.1. The molecular formula is C18H12ClN3O2. The van der Waals surface area contributed by atoms with Gasteiger partial charge in [0.05, 0.1) is 5.69 Å². The number of aromatic hydroxyl groups is 2. The smallest absolute Gasteiger partial charge is 0.158 e. The number of nitriles is 1. The molecule has 24 heavy (non-hydrogen) atoms. The number of hydrogen-bond acceptors (Lipinski definition) is 5. The molecule has 6 heteroatoms. The fraction of sp³-hybridized carbons (Fsp3) is 0. The zero-order chi connectivity index (χ0) is 17.3. The van der Waals surface area contributed by atoms with E-state index in [9.17, 15) is 15.5 Å². The molecule has 2 aromatic carbocycles. The Morgan fingerprint density at radius 3 is 2.25 bits per heavy atom. The van der Waals surface area contributed by atoms with Crippen LogP contribution in [0.15, 0.2) is 48.5 Å². The quantitative estimate of drug-likeness (QED) is 0.615. The zero-order valence-corrected chi connectivity index (χ0v) is 13.1. The first-order chi connectivity index (χ1) is 11.5. The van der Waals surface area contributed by atoms with E-state index in [1.807, 2.05) is 6.07 Å². The van der Waals surface area contributed by atoms with Crippen molar-refractivity contribution in [3.8, 4) is 40.0 Å². The lowest BCUT2D eigenvalue weighted by atomic mass is 9.98. The molecule has 0 saturated heterocycles. The number of nitrogens with zero attached hydrogens (tertiary/aromatic N) is 2. The topological polar surface area (TPSA) is 103 Å². The fourth-order valence-electron chi connectivity index (χ4n) is 2.37. The molecule has 0 fully saturated rings. The second kappa shape index (κ2) is 6.11. The Morgan fingerprint density at radius 2 is 1.62 bits per heavy atom. The first-order valence-corrected chi connectivity index (χ1v) is 7.36. The average Bonchev–Trinajstić information content (AvgIpc) is 2.57. The summed E-state index contributed by atoms with van der Waals surface area (Å²) in [5.74, 6) is -0.426. The van der Waals surface area contributed by atoms with E-state index in [1.165, 1.54) is 12.1 Å². The van der Waals surface area contributed by atoms with Crippen molar-refractivity contribution in [1.29, 1.82) is 5.26 Å². The van der Waals surface area contributed by atoms with Gasteiger partial charge in [0.2, 0.25) is 0 Å². The lowest BCUT2D eigenvalue weighted by Crippen LogP contribution is -1.99. The summed E-state index contributed by atoms with van der Waals surface area (Å²) in [6.07, 6.45) is 0. The van der Waals surface area contributed by atoms with Crippen molar-refractivity contribution in [1.82, 2.24) is 4.98 Å². The van der Waals surface area contributed by atoms with Crippen LogP contribution >= 0.6 is 11.6 Å². The van der Waals surface area contributed by atoms with Crippen LogP contribution in [0.5, 0.6) is 11.5 Å². The zero-order valence-electron chi connectivity index (χ0n) is 12.4. The van der Waals surface area contributed by atoms with E-state index >= 15 is 0 Å². The Kier molecular flexibility index (Phi) is 3.98. The number of rotatable bonds is 2. The number of anilines is 1. The standard InChI is InChI=1S/C18H12ClN3O2/c19-12-4-1-10(2-5-12)15-8-13(14(9-20)18(21)22-15)11-3-6-16(23)17(24)7-11/h1-8,23-24H,(H2,21,22). The van der Waals surface area contributed by atoms with E-state index in [0.29, 0.717) is 21.8 Å². The molecule has 0 atom stereocenters. The highest BCUT2D eigenvalue weighted by Gasteiger charge is 2.14. The van der Waals surface area contributed by atoms with Crippen molar-refractivity contribution in [2.45, 2.75) is 0 Å². The first kappa shape index (κ1) is 15.7. The molecule has 0 saturated carbocycles. The van der Waals surface area contributed by atoms with Crippen molar-refractivity contribution in [2.75, 3.05) is 5.73 Å². The van der Waals surface area contributed by atoms with Gasteiger partial charge in [-0.25, -0.2) is 4.98 Å². The summed E-state index contributed by atoms with van der Waals surface area (Å²) in [4.78, 5) is 4.27. The summed E-state index contributed by atoms with van der Waals surface area (Å²) in [5.41, 5.74) is 8.57. The number of phenols is 2. The van der Waals surface area contributed by atoms with Crippen LogP contribution in [0.4, 0.5) is 5.82 Å². The highest BCUT2D eigenvalue weighted by molar-refractivity contribution is 6.30. The monoisotopic (exact) mass is 337 g/mol. The second-order valence-electron chi connectivity index (χ2n) is 5.14. The van der Waals surface area contributed by atoms with Gasteiger partial charge in [0.15, 0.2) is 11.5 Å². The van der Waals surface area contributed by atoms with Crippen LogP contribution in [0.25, 0.3) is 22.4 Å². The Morgan fingerprint density at radius 1 is 0.958 bits per heavy atom. The maximum Gasteiger partial charge on any atom is 0.158 e. The maximum absolute atomic E-state index is 9.72. The highest BCUT2D eigenvalue weighted by atomic mass is 35.5. The van der Waals surface area contributed by atoms with E-state index in [-0.39, 0.29) is 22.9 Å². The molecule has 3 aromatic rings. The van der Waals surface area contributed by atoms with E-state index < -0.39 is 0 Å². The van der Waals surface area contributed by atoms with Gasteiger partial charge in [0, 0.05) is 16.1 Å². The lowest BCUT2D eigenvalue weighted by Gasteiger charge is -2.11. The van der Waals surface area contributed by atoms with Crippen molar-refractivity contribution in [3.05, 3.63) is 59.1 Å². The van der Waals surface area contributed by atoms with Gasteiger partial charge in [-0.2, -0.15) is 5.26 Å². The number of nitrogen functional groups attached to an aromatic ring is 1. The number of phenolic OH excluding ortho intramolecular Hbond substituents is 2. The van der Waals surface area contributed by atoms with E-state index in [1.54, 1.807) is 36.4 Å². The van der Waals surface area contributed by atoms with Crippen molar-refractivity contribution >= 4 is 17.4 Å². The van der Waals surface area contributed by atoms with Gasteiger partial charge in [-0.05, 0) is 35.9 Å². The van der Waals surface area contributed by atoms with Crippen LogP contribution < -0.4 is 5.73 Å². The molecule has 118 valence electrons. The average molecular weight is 338 g/mol. The molecule has 0 unspecified atom stereocenters. The number of nitrogens with two attached hydrogens (primary N) is 1. The molecule has 0 radical (unpaired) electrons. The first-order valence-electron chi connectivity index (χ1n) is 6.98. The third-order valence-corrected chi connectivity index (χ3v) is 3.84. The summed E-state index contributed by atoms with van der Waals surface area (Å²) in [6.45, 7) is 0. The molecule has 0 spiro atoms. The van der Waals surface area contributed by atoms with E-state index in [0.717, 1.165) is 5.56 Å². The van der Waals surface area contributed by atoms with Gasteiger partial charge >= 0.3 is 0 Å². The van der Waals surface area contributed by atoms with Gasteiger partial charge < -0.3 is 15.9 Å². The molecular weight excluding hydrogens is 326 g/mol. The van der Waals surface area contributed by atoms with Gasteiger partial charge in [-0.3, -0.25) is 0 Å². The maximum atomic E-state index is 9.72. The molecule has 0 aliphatic carbocycles. The lowest BCUT2D eigenvalue weighted by molar-refractivity contribution is 0.404. The van der Waals surface area contributed by atoms with E-state index in [2.05, 4.69) is 4.98 Å². The van der Waals surface area contributed by atoms with Gasteiger partial charge in [-0.15, -0.1) is 0 Å². The summed E-state index contributed by atoms with van der Waals surface area (Å²) in [7, 11) is 0. The third kappa shape index (κ3) is 2.83. The molecule has 1 aromatic heterocycles. The molecule has 4 N–H and O–H groups in total. The molecule has 0 aliphatic rings. The van der Waals surface area contributed by atoms with E-state index in [4.69, 9.17) is 17.3 Å². The normalized spacial score (nSPS) is 10.3. The largest absolute Gasteiger partial charge is 0.504 e. The minimum Gasteiger partial charge on any atom is -0.504 e. The summed E-state index contributed by atoms with van der Waals surface area (Å²) < 4.78 is 0. The SMILES string of the molecule is N#Cc1c(-c2ccc(O)c(O)c2)cc(-c2ccc(Cl)cc2)nc1N. The molecule has 0 bridgehead atoms. The number of benzene rings is 2. The Bertz CT molecular complexity index is 963. The number of halogens is 1. The summed E-state index contributed by atoms with van der Waals surface area (Å²) >= 11 is 5.90. The minimum atomic E-state index is -0.278. The van der Waals surface area contributed by atoms with Crippen molar-refractivity contribution in [2.24, 2.45) is 0 Å². The predicted molar refractivity (Wildman–Crippen MR) is 92.6 cm³/mol. The van der Waals surface area contributed by atoms with Crippen LogP contribution in [0.3, 0.4) is 0 Å². The Balaban J connectivity index is 2.22. The molecule has 3 rings (SSSR count). The van der Waals surface area contributed by atoms with Crippen LogP contribution in [0.2, 0.25) is 5.02 Å². The van der Waals surface area contributed by atoms with Crippen molar-refractivity contribution < 1.29 is 10.2 Å². The predicted octanol–water partition coefficient (Wildman–Crippen LogP) is 3.93. The highest BCUT2D eigenvalue weighted by Crippen LogP contribution is 2.35. The van der Waals surface area contributed by atoms with Crippen molar-refractivity contribution in [3.63, 3.8) is 0 Å². The number of hydrogen-bond donors (Lipinski definition) is 3. The number of pyridine rings is 1. The van der Waals surface area contributed by atoms with Crippen LogP contribution in [-0.4, -0.2) is 15.2 Å².